The van der Waals surface area contributed by atoms with Crippen LogP contribution in [0.1, 0.15) is 25.0 Å². The summed E-state index contributed by atoms with van der Waals surface area (Å²) in [6.45, 7) is 6.60. The predicted octanol–water partition coefficient (Wildman–Crippen LogP) is 3.11. The molecule has 3 rings (SSSR count). The number of benzene rings is 1. The molecule has 4 heteroatoms. The molecule has 0 saturated carbocycles. The maximum Gasteiger partial charge on any atom is 0.164 e. The van der Waals surface area contributed by atoms with Crippen LogP contribution in [-0.2, 0) is 20.6 Å². The van der Waals surface area contributed by atoms with Gasteiger partial charge in [0.1, 0.15) is 12.2 Å². The fourth-order valence-electron chi connectivity index (χ4n) is 2.90. The average molecular weight is 283 g/mol. The summed E-state index contributed by atoms with van der Waals surface area (Å²) < 4.78 is 17.6. The first-order chi connectivity index (χ1) is 8.94. The van der Waals surface area contributed by atoms with E-state index in [0.717, 1.165) is 11.4 Å². The van der Waals surface area contributed by atoms with Crippen molar-refractivity contribution in [2.75, 3.05) is 6.61 Å². The number of fused-ring (bicyclic) bond motifs is 1. The van der Waals surface area contributed by atoms with Crippen LogP contribution in [0, 0.1) is 6.92 Å². The molecule has 2 heterocycles. The third kappa shape index (κ3) is 2.65. The van der Waals surface area contributed by atoms with Crippen molar-refractivity contribution in [3.8, 4) is 0 Å². The summed E-state index contributed by atoms with van der Waals surface area (Å²) in [5.74, 6) is -0.494. The zero-order chi connectivity index (χ0) is 13.6. The molecule has 0 amide bonds. The van der Waals surface area contributed by atoms with Gasteiger partial charge in [-0.25, -0.2) is 0 Å². The van der Waals surface area contributed by atoms with Crippen molar-refractivity contribution in [3.05, 3.63) is 34.3 Å². The molecule has 2 aliphatic rings. The summed E-state index contributed by atoms with van der Waals surface area (Å²) in [6, 6.07) is 5.97. The summed E-state index contributed by atoms with van der Waals surface area (Å²) in [5, 5.41) is 0.771. The second kappa shape index (κ2) is 4.74. The molecule has 104 valence electrons. The number of halogens is 1. The Bertz CT molecular complexity index is 486. The smallest absolute Gasteiger partial charge is 0.164 e. The molecule has 0 bridgehead atoms. The molecule has 1 aromatic carbocycles. The molecule has 0 spiro atoms. The highest BCUT2D eigenvalue weighted by Crippen LogP contribution is 2.36. The van der Waals surface area contributed by atoms with Gasteiger partial charge in [-0.1, -0.05) is 17.7 Å². The van der Waals surface area contributed by atoms with Gasteiger partial charge in [0.15, 0.2) is 5.79 Å². The minimum atomic E-state index is -0.494. The molecule has 3 nitrogen and oxygen atoms in total. The topological polar surface area (TPSA) is 27.7 Å². The van der Waals surface area contributed by atoms with Crippen molar-refractivity contribution >= 4 is 11.6 Å². The lowest BCUT2D eigenvalue weighted by atomic mass is 9.99. The molecule has 19 heavy (non-hydrogen) atoms. The van der Waals surface area contributed by atoms with Crippen LogP contribution in [0.5, 0.6) is 0 Å². The van der Waals surface area contributed by atoms with Crippen LogP contribution in [-0.4, -0.2) is 30.7 Å². The van der Waals surface area contributed by atoms with E-state index in [0.29, 0.717) is 6.61 Å². The minimum Gasteiger partial charge on any atom is -0.372 e. The van der Waals surface area contributed by atoms with Crippen LogP contribution in [0.2, 0.25) is 5.02 Å². The Morgan fingerprint density at radius 2 is 2.11 bits per heavy atom. The van der Waals surface area contributed by atoms with Crippen LogP contribution >= 0.6 is 11.6 Å². The van der Waals surface area contributed by atoms with Crippen molar-refractivity contribution in [1.82, 2.24) is 0 Å². The van der Waals surface area contributed by atoms with E-state index in [1.54, 1.807) is 0 Å². The van der Waals surface area contributed by atoms with Crippen molar-refractivity contribution in [3.63, 3.8) is 0 Å². The zero-order valence-electron chi connectivity index (χ0n) is 11.5. The Morgan fingerprint density at radius 3 is 2.84 bits per heavy atom. The fraction of sp³-hybridized carbons (Fsp3) is 0.600. The van der Waals surface area contributed by atoms with Gasteiger partial charge in [-0.2, -0.15) is 0 Å². The third-order valence-corrected chi connectivity index (χ3v) is 4.02. The number of hydrogen-bond acceptors (Lipinski definition) is 3. The van der Waals surface area contributed by atoms with Crippen LogP contribution in [0.3, 0.4) is 0 Å². The number of aryl methyl sites for hydroxylation is 1. The molecule has 2 fully saturated rings. The SMILES string of the molecule is Cc1cc(Cl)ccc1CC1OCC2OC(C)(C)OC12. The van der Waals surface area contributed by atoms with E-state index in [-0.39, 0.29) is 18.3 Å². The maximum absolute atomic E-state index is 5.98. The molecule has 0 radical (unpaired) electrons. The highest BCUT2D eigenvalue weighted by atomic mass is 35.5. The van der Waals surface area contributed by atoms with Crippen molar-refractivity contribution in [2.45, 2.75) is 51.3 Å². The quantitative estimate of drug-likeness (QED) is 0.834. The summed E-state index contributed by atoms with van der Waals surface area (Å²) in [7, 11) is 0. The molecule has 1 aromatic rings. The lowest BCUT2D eigenvalue weighted by molar-refractivity contribution is -0.174. The first-order valence-electron chi connectivity index (χ1n) is 6.67. The molecule has 2 aliphatic heterocycles. The lowest BCUT2D eigenvalue weighted by Crippen LogP contribution is -2.31. The molecular formula is C15H19ClO3. The van der Waals surface area contributed by atoms with E-state index in [9.17, 15) is 0 Å². The monoisotopic (exact) mass is 282 g/mol. The molecule has 0 N–H and O–H groups in total. The number of hydrogen-bond donors (Lipinski definition) is 0. The molecule has 3 atom stereocenters. The van der Waals surface area contributed by atoms with Gasteiger partial charge < -0.3 is 14.2 Å². The van der Waals surface area contributed by atoms with Crippen LogP contribution in [0.4, 0.5) is 0 Å². The van der Waals surface area contributed by atoms with Gasteiger partial charge in [-0.3, -0.25) is 0 Å². The summed E-state index contributed by atoms with van der Waals surface area (Å²) in [4.78, 5) is 0. The van der Waals surface area contributed by atoms with Gasteiger partial charge in [0.25, 0.3) is 0 Å². The highest BCUT2D eigenvalue weighted by molar-refractivity contribution is 6.30. The molecule has 3 unspecified atom stereocenters. The highest BCUT2D eigenvalue weighted by Gasteiger charge is 2.49. The van der Waals surface area contributed by atoms with Gasteiger partial charge in [0.05, 0.1) is 12.7 Å². The van der Waals surface area contributed by atoms with Crippen LogP contribution in [0.25, 0.3) is 0 Å². The normalized spacial score (nSPS) is 32.5. The second-order valence-corrected chi connectivity index (χ2v) is 6.22. The first kappa shape index (κ1) is 13.4. The summed E-state index contributed by atoms with van der Waals surface area (Å²) >= 11 is 5.98. The molecule has 2 saturated heterocycles. The summed E-state index contributed by atoms with van der Waals surface area (Å²) in [5.41, 5.74) is 2.45. The lowest BCUT2D eigenvalue weighted by Gasteiger charge is -2.22. The van der Waals surface area contributed by atoms with Crippen molar-refractivity contribution < 1.29 is 14.2 Å². The van der Waals surface area contributed by atoms with Crippen molar-refractivity contribution in [2.24, 2.45) is 0 Å². The Kier molecular flexibility index (Phi) is 3.34. The largest absolute Gasteiger partial charge is 0.372 e. The van der Waals surface area contributed by atoms with E-state index >= 15 is 0 Å². The fourth-order valence-corrected chi connectivity index (χ4v) is 3.13. The third-order valence-electron chi connectivity index (χ3n) is 3.79. The second-order valence-electron chi connectivity index (χ2n) is 5.79. The van der Waals surface area contributed by atoms with Gasteiger partial charge in [0.2, 0.25) is 0 Å². The number of ether oxygens (including phenoxy) is 3. The van der Waals surface area contributed by atoms with E-state index in [1.807, 2.05) is 26.0 Å². The van der Waals surface area contributed by atoms with Gasteiger partial charge >= 0.3 is 0 Å². The Hall–Kier alpha value is -0.610. The molecular weight excluding hydrogens is 264 g/mol. The van der Waals surface area contributed by atoms with Gasteiger partial charge in [-0.15, -0.1) is 0 Å². The van der Waals surface area contributed by atoms with E-state index in [1.165, 1.54) is 11.1 Å². The molecule has 0 aromatic heterocycles. The average Bonchev–Trinajstić information content (AvgIpc) is 2.79. The Balaban J connectivity index is 1.74. The Morgan fingerprint density at radius 1 is 1.32 bits per heavy atom. The molecule has 0 aliphatic carbocycles. The Labute approximate surface area is 118 Å². The van der Waals surface area contributed by atoms with Crippen molar-refractivity contribution in [1.29, 1.82) is 0 Å². The first-order valence-corrected chi connectivity index (χ1v) is 7.05. The van der Waals surface area contributed by atoms with E-state index in [2.05, 4.69) is 13.0 Å². The van der Waals surface area contributed by atoms with E-state index < -0.39 is 5.79 Å². The van der Waals surface area contributed by atoms with Crippen LogP contribution in [0.15, 0.2) is 18.2 Å². The van der Waals surface area contributed by atoms with Gasteiger partial charge in [-0.05, 0) is 44.0 Å². The van der Waals surface area contributed by atoms with Crippen LogP contribution < -0.4 is 0 Å². The van der Waals surface area contributed by atoms with E-state index in [4.69, 9.17) is 25.8 Å². The zero-order valence-corrected chi connectivity index (χ0v) is 12.2. The number of rotatable bonds is 2. The minimum absolute atomic E-state index is 0.0325. The summed E-state index contributed by atoms with van der Waals surface area (Å²) in [6.07, 6.45) is 0.994. The predicted molar refractivity (Wildman–Crippen MR) is 73.5 cm³/mol. The maximum atomic E-state index is 5.98. The standard InChI is InChI=1S/C15H19ClO3/c1-9-6-11(16)5-4-10(9)7-12-14-13(8-17-12)18-15(2,3)19-14/h4-6,12-14H,7-8H2,1-3H3. The van der Waals surface area contributed by atoms with Gasteiger partial charge in [0, 0.05) is 11.4 Å².